The average molecular weight is 243 g/mol. The van der Waals surface area contributed by atoms with Crippen LogP contribution in [0.2, 0.25) is 0 Å². The maximum atomic E-state index is 12.7. The van der Waals surface area contributed by atoms with Crippen LogP contribution >= 0.6 is 0 Å². The predicted octanol–water partition coefficient (Wildman–Crippen LogP) is 3.27. The van der Waals surface area contributed by atoms with Gasteiger partial charge in [0.1, 0.15) is 5.82 Å². The standard InChI is InChI=1S/C14H10FNO2/c15-12-5-7-13(8-6-12)16-9-10-1-3-11(4-2-10)14(17)18/h1-9H,(H,17,18)/b16-9+. The number of carbonyl (C=O) groups is 1. The molecule has 0 saturated carbocycles. The van der Waals surface area contributed by atoms with Crippen LogP contribution < -0.4 is 0 Å². The zero-order chi connectivity index (χ0) is 13.0. The van der Waals surface area contributed by atoms with Crippen LogP contribution in [-0.4, -0.2) is 17.3 Å². The molecule has 2 aromatic carbocycles. The van der Waals surface area contributed by atoms with Crippen LogP contribution in [0.25, 0.3) is 0 Å². The Morgan fingerprint density at radius 1 is 1.06 bits per heavy atom. The molecule has 0 aliphatic carbocycles. The molecule has 2 aromatic rings. The minimum atomic E-state index is -0.961. The Morgan fingerprint density at radius 3 is 2.22 bits per heavy atom. The van der Waals surface area contributed by atoms with E-state index in [1.54, 1.807) is 30.5 Å². The van der Waals surface area contributed by atoms with Gasteiger partial charge >= 0.3 is 5.97 Å². The third kappa shape index (κ3) is 3.01. The number of hydrogen-bond donors (Lipinski definition) is 1. The minimum absolute atomic E-state index is 0.230. The summed E-state index contributed by atoms with van der Waals surface area (Å²) in [6, 6.07) is 12.1. The van der Waals surface area contributed by atoms with Gasteiger partial charge in [-0.15, -0.1) is 0 Å². The van der Waals surface area contributed by atoms with Gasteiger partial charge in [0.15, 0.2) is 0 Å². The summed E-state index contributed by atoms with van der Waals surface area (Å²) in [5.41, 5.74) is 1.65. The van der Waals surface area contributed by atoms with Crippen molar-refractivity contribution in [3.05, 3.63) is 65.5 Å². The molecule has 90 valence electrons. The Kier molecular flexibility index (Phi) is 3.48. The summed E-state index contributed by atoms with van der Waals surface area (Å²) in [7, 11) is 0. The molecule has 0 aliphatic rings. The van der Waals surface area contributed by atoms with Gasteiger partial charge in [-0.05, 0) is 42.0 Å². The van der Waals surface area contributed by atoms with Gasteiger partial charge in [-0.3, -0.25) is 4.99 Å². The number of aliphatic imine (C=N–C) groups is 1. The van der Waals surface area contributed by atoms with Crippen molar-refractivity contribution in [3.8, 4) is 0 Å². The Balaban J connectivity index is 2.13. The highest BCUT2D eigenvalue weighted by atomic mass is 19.1. The molecule has 4 heteroatoms. The quantitative estimate of drug-likeness (QED) is 0.841. The van der Waals surface area contributed by atoms with Crippen molar-refractivity contribution in [1.29, 1.82) is 0 Å². The molecule has 0 bridgehead atoms. The van der Waals surface area contributed by atoms with E-state index < -0.39 is 5.97 Å². The first-order valence-electron chi connectivity index (χ1n) is 5.28. The molecule has 0 amide bonds. The fraction of sp³-hybridized carbons (Fsp3) is 0. The highest BCUT2D eigenvalue weighted by molar-refractivity contribution is 5.89. The van der Waals surface area contributed by atoms with Gasteiger partial charge < -0.3 is 5.11 Å². The number of benzene rings is 2. The first-order valence-corrected chi connectivity index (χ1v) is 5.28. The number of hydrogen-bond acceptors (Lipinski definition) is 2. The first-order chi connectivity index (χ1) is 8.65. The molecule has 0 aliphatic heterocycles. The fourth-order valence-corrected chi connectivity index (χ4v) is 1.39. The molecule has 0 heterocycles. The van der Waals surface area contributed by atoms with E-state index >= 15 is 0 Å². The lowest BCUT2D eigenvalue weighted by Gasteiger charge is -1.96. The zero-order valence-corrected chi connectivity index (χ0v) is 9.38. The van der Waals surface area contributed by atoms with E-state index in [0.29, 0.717) is 5.69 Å². The first kappa shape index (κ1) is 12.0. The molecule has 2 rings (SSSR count). The second kappa shape index (κ2) is 5.23. The third-order valence-corrected chi connectivity index (χ3v) is 2.35. The number of halogens is 1. The van der Waals surface area contributed by atoms with E-state index in [0.717, 1.165) is 5.56 Å². The smallest absolute Gasteiger partial charge is 0.335 e. The van der Waals surface area contributed by atoms with E-state index in [1.807, 2.05) is 0 Å². The second-order valence-electron chi connectivity index (χ2n) is 3.66. The number of rotatable bonds is 3. The number of aromatic carboxylic acids is 1. The SMILES string of the molecule is O=C(O)c1ccc(/C=N/c2ccc(F)cc2)cc1. The maximum Gasteiger partial charge on any atom is 0.335 e. The summed E-state index contributed by atoms with van der Waals surface area (Å²) in [4.78, 5) is 14.8. The Morgan fingerprint density at radius 2 is 1.67 bits per heavy atom. The highest BCUT2D eigenvalue weighted by Crippen LogP contribution is 2.12. The van der Waals surface area contributed by atoms with Gasteiger partial charge in [0.25, 0.3) is 0 Å². The van der Waals surface area contributed by atoms with Crippen molar-refractivity contribution in [1.82, 2.24) is 0 Å². The van der Waals surface area contributed by atoms with E-state index in [-0.39, 0.29) is 11.4 Å². The molecule has 18 heavy (non-hydrogen) atoms. The molecule has 1 N–H and O–H groups in total. The largest absolute Gasteiger partial charge is 0.478 e. The molecule has 0 atom stereocenters. The maximum absolute atomic E-state index is 12.7. The van der Waals surface area contributed by atoms with Crippen LogP contribution in [0, 0.1) is 5.82 Å². The summed E-state index contributed by atoms with van der Waals surface area (Å²) < 4.78 is 12.7. The van der Waals surface area contributed by atoms with Crippen LogP contribution in [0.5, 0.6) is 0 Å². The number of carboxylic acid groups (broad SMARTS) is 1. The Labute approximate surface area is 103 Å². The van der Waals surface area contributed by atoms with Crippen molar-refractivity contribution in [3.63, 3.8) is 0 Å². The normalized spacial score (nSPS) is 10.7. The molecule has 0 saturated heterocycles. The lowest BCUT2D eigenvalue weighted by atomic mass is 10.1. The summed E-state index contributed by atoms with van der Waals surface area (Å²) in [5.74, 6) is -1.27. The van der Waals surface area contributed by atoms with Crippen LogP contribution in [0.3, 0.4) is 0 Å². The van der Waals surface area contributed by atoms with E-state index in [2.05, 4.69) is 4.99 Å². The number of carboxylic acids is 1. The van der Waals surface area contributed by atoms with Crippen molar-refractivity contribution < 1.29 is 14.3 Å². The van der Waals surface area contributed by atoms with Crippen molar-refractivity contribution in [2.75, 3.05) is 0 Å². The molecule has 0 spiro atoms. The van der Waals surface area contributed by atoms with E-state index in [4.69, 9.17) is 5.11 Å². The summed E-state index contributed by atoms with van der Waals surface area (Å²) in [6.45, 7) is 0. The molecule has 0 radical (unpaired) electrons. The Hall–Kier alpha value is -2.49. The van der Waals surface area contributed by atoms with Gasteiger partial charge in [-0.2, -0.15) is 0 Å². The van der Waals surface area contributed by atoms with Gasteiger partial charge in [0, 0.05) is 6.21 Å². The zero-order valence-electron chi connectivity index (χ0n) is 9.38. The van der Waals surface area contributed by atoms with E-state index in [9.17, 15) is 9.18 Å². The van der Waals surface area contributed by atoms with Gasteiger partial charge in [-0.25, -0.2) is 9.18 Å². The van der Waals surface area contributed by atoms with Crippen LogP contribution in [0.4, 0.5) is 10.1 Å². The topological polar surface area (TPSA) is 49.7 Å². The molecule has 0 fully saturated rings. The van der Waals surface area contributed by atoms with Crippen LogP contribution in [0.15, 0.2) is 53.5 Å². The second-order valence-corrected chi connectivity index (χ2v) is 3.66. The molecular formula is C14H10FNO2. The monoisotopic (exact) mass is 243 g/mol. The summed E-state index contributed by atoms with van der Waals surface area (Å²) in [6.07, 6.45) is 1.60. The summed E-state index contributed by atoms with van der Waals surface area (Å²) >= 11 is 0. The Bertz CT molecular complexity index is 574. The van der Waals surface area contributed by atoms with Gasteiger partial charge in [-0.1, -0.05) is 12.1 Å². The molecular weight excluding hydrogens is 233 g/mol. The lowest BCUT2D eigenvalue weighted by molar-refractivity contribution is 0.0697. The van der Waals surface area contributed by atoms with Crippen molar-refractivity contribution in [2.24, 2.45) is 4.99 Å². The van der Waals surface area contributed by atoms with Crippen molar-refractivity contribution >= 4 is 17.9 Å². The van der Waals surface area contributed by atoms with Crippen LogP contribution in [-0.2, 0) is 0 Å². The molecule has 0 aromatic heterocycles. The van der Waals surface area contributed by atoms with Gasteiger partial charge in [0.05, 0.1) is 11.3 Å². The molecule has 0 unspecified atom stereocenters. The lowest BCUT2D eigenvalue weighted by Crippen LogP contribution is -1.95. The average Bonchev–Trinajstić information content (AvgIpc) is 2.38. The number of nitrogens with zero attached hydrogens (tertiary/aromatic N) is 1. The third-order valence-electron chi connectivity index (χ3n) is 2.35. The van der Waals surface area contributed by atoms with E-state index in [1.165, 1.54) is 24.3 Å². The predicted molar refractivity (Wildman–Crippen MR) is 67.1 cm³/mol. The highest BCUT2D eigenvalue weighted by Gasteiger charge is 2.00. The fourth-order valence-electron chi connectivity index (χ4n) is 1.39. The van der Waals surface area contributed by atoms with Crippen LogP contribution in [0.1, 0.15) is 15.9 Å². The minimum Gasteiger partial charge on any atom is -0.478 e. The van der Waals surface area contributed by atoms with Gasteiger partial charge in [0.2, 0.25) is 0 Å². The van der Waals surface area contributed by atoms with Crippen molar-refractivity contribution in [2.45, 2.75) is 0 Å². The summed E-state index contributed by atoms with van der Waals surface area (Å²) in [5, 5.41) is 8.74. The molecule has 3 nitrogen and oxygen atoms in total.